The van der Waals surface area contributed by atoms with Gasteiger partial charge in [0, 0.05) is 12.5 Å². The van der Waals surface area contributed by atoms with Gasteiger partial charge in [-0.05, 0) is 32.4 Å². The van der Waals surface area contributed by atoms with E-state index in [2.05, 4.69) is 0 Å². The summed E-state index contributed by atoms with van der Waals surface area (Å²) in [5.41, 5.74) is 1.60. The van der Waals surface area contributed by atoms with Crippen LogP contribution < -0.4 is 0 Å². The van der Waals surface area contributed by atoms with Crippen LogP contribution in [0.25, 0.3) is 0 Å². The van der Waals surface area contributed by atoms with Crippen LogP contribution in [0.1, 0.15) is 33.6 Å². The Morgan fingerprint density at radius 2 is 1.51 bits per heavy atom. The Kier molecular flexibility index (Phi) is 11.0. The summed E-state index contributed by atoms with van der Waals surface area (Å²) < 4.78 is 0. The molecule has 2 aliphatic rings. The van der Waals surface area contributed by atoms with Gasteiger partial charge in [0.1, 0.15) is 6.10 Å². The van der Waals surface area contributed by atoms with Gasteiger partial charge in [0.2, 0.25) is 5.91 Å². The van der Waals surface area contributed by atoms with Crippen molar-refractivity contribution in [3.05, 3.63) is 84.1 Å². The van der Waals surface area contributed by atoms with Gasteiger partial charge in [0.15, 0.2) is 11.6 Å². The van der Waals surface area contributed by atoms with E-state index in [1.165, 1.54) is 18.2 Å². The van der Waals surface area contributed by atoms with E-state index in [-0.39, 0.29) is 30.4 Å². The Bertz CT molecular complexity index is 997. The van der Waals surface area contributed by atoms with Gasteiger partial charge in [-0.1, -0.05) is 78.8 Å². The normalized spacial score (nSPS) is 37.4. The molecule has 7 nitrogen and oxygen atoms in total. The number of amides is 1. The highest BCUT2D eigenvalue weighted by Gasteiger charge is 2.39. The minimum absolute atomic E-state index is 0.0764. The van der Waals surface area contributed by atoms with Gasteiger partial charge in [-0.15, -0.1) is 0 Å². The van der Waals surface area contributed by atoms with Crippen LogP contribution in [0, 0.1) is 5.92 Å². The van der Waals surface area contributed by atoms with Crippen LogP contribution in [0.3, 0.4) is 0 Å². The van der Waals surface area contributed by atoms with E-state index in [9.17, 15) is 29.7 Å². The van der Waals surface area contributed by atoms with E-state index in [0.717, 1.165) is 11.1 Å². The molecule has 0 saturated carbocycles. The number of rotatable bonds is 0. The first-order valence-corrected chi connectivity index (χ1v) is 11.7. The Hall–Kier alpha value is -3.13. The van der Waals surface area contributed by atoms with Crippen LogP contribution in [0.5, 0.6) is 0 Å². The van der Waals surface area contributed by atoms with Crippen molar-refractivity contribution in [3.8, 4) is 0 Å². The van der Waals surface area contributed by atoms with Crippen molar-refractivity contribution in [2.75, 3.05) is 6.54 Å². The van der Waals surface area contributed by atoms with E-state index in [0.29, 0.717) is 6.54 Å². The van der Waals surface area contributed by atoms with Crippen LogP contribution in [-0.2, 0) is 14.4 Å². The van der Waals surface area contributed by atoms with Gasteiger partial charge < -0.3 is 20.2 Å². The highest BCUT2D eigenvalue weighted by molar-refractivity contribution is 6.04. The van der Waals surface area contributed by atoms with Crippen LogP contribution >= 0.6 is 0 Å². The van der Waals surface area contributed by atoms with Gasteiger partial charge in [-0.25, -0.2) is 0 Å². The predicted molar refractivity (Wildman–Crippen MR) is 135 cm³/mol. The number of hydrogen-bond donors (Lipinski definition) is 3. The molecular formula is C28H35NO6. The minimum Gasteiger partial charge on any atom is -0.390 e. The summed E-state index contributed by atoms with van der Waals surface area (Å²) in [6, 6.07) is -0.527. The maximum Gasteiger partial charge on any atom is 0.230 e. The molecule has 1 saturated heterocycles. The summed E-state index contributed by atoms with van der Waals surface area (Å²) in [7, 11) is 0. The second-order valence-electron chi connectivity index (χ2n) is 8.98. The van der Waals surface area contributed by atoms with Crippen molar-refractivity contribution in [2.45, 2.75) is 58.0 Å². The number of aliphatic hydroxyl groups excluding tert-OH is 3. The fourth-order valence-corrected chi connectivity index (χ4v) is 3.73. The second-order valence-corrected chi connectivity index (χ2v) is 8.98. The topological polar surface area (TPSA) is 115 Å². The summed E-state index contributed by atoms with van der Waals surface area (Å²) in [6.07, 6.45) is 15.6. The molecule has 0 aromatic carbocycles. The number of aliphatic hydroxyl groups is 3. The molecule has 1 amide bonds. The molecule has 2 rings (SSSR count). The van der Waals surface area contributed by atoms with E-state index in [4.69, 9.17) is 0 Å². The number of nitrogens with zero attached hydrogens (tertiary/aromatic N) is 1. The molecule has 3 N–H and O–H groups in total. The fourth-order valence-electron chi connectivity index (χ4n) is 3.73. The molecule has 188 valence electrons. The molecule has 7 heteroatoms. The predicted octanol–water partition coefficient (Wildman–Crippen LogP) is 2.52. The number of hydrogen-bond acceptors (Lipinski definition) is 6. The van der Waals surface area contributed by atoms with Crippen molar-refractivity contribution >= 4 is 17.5 Å². The molecule has 5 atom stereocenters. The Labute approximate surface area is 206 Å². The lowest BCUT2D eigenvalue weighted by molar-refractivity contribution is -0.135. The Morgan fingerprint density at radius 3 is 2.26 bits per heavy atom. The standard InChI is InChI=1S/C28H35NO6/c1-19-9-4-6-13-24(31)28(35)25(32)14-7-5-10-20(2)15-16-22(30)17-26(33)29-18-21(3)27(34)23(29)12-8-11-19/h4-13,15-16,21,23,25,27-28,32,34-35H,14,17-18H2,1-3H3/b7-5+,9-4+,12-8+,13-6-,16-15+,19-11+,20-10+/t21-,23-,25-,27+,28+/m0/s1. The van der Waals surface area contributed by atoms with Crippen molar-refractivity contribution in [1.29, 1.82) is 0 Å². The van der Waals surface area contributed by atoms with Gasteiger partial charge in [0.05, 0.1) is 24.7 Å². The van der Waals surface area contributed by atoms with E-state index < -0.39 is 30.1 Å². The van der Waals surface area contributed by atoms with E-state index >= 15 is 0 Å². The first-order chi connectivity index (χ1) is 16.6. The number of allylic oxidation sites excluding steroid dienone is 11. The highest BCUT2D eigenvalue weighted by atomic mass is 16.3. The van der Waals surface area contributed by atoms with Gasteiger partial charge >= 0.3 is 0 Å². The zero-order chi connectivity index (χ0) is 26.0. The first-order valence-electron chi connectivity index (χ1n) is 11.7. The Morgan fingerprint density at radius 1 is 0.857 bits per heavy atom. The van der Waals surface area contributed by atoms with Crippen LogP contribution in [-0.4, -0.2) is 68.6 Å². The Balaban J connectivity index is 2.29. The van der Waals surface area contributed by atoms with E-state index in [1.54, 1.807) is 66.5 Å². The van der Waals surface area contributed by atoms with Crippen LogP contribution in [0.2, 0.25) is 0 Å². The van der Waals surface area contributed by atoms with Crippen LogP contribution in [0.4, 0.5) is 0 Å². The van der Waals surface area contributed by atoms with Crippen LogP contribution in [0.15, 0.2) is 84.1 Å². The molecule has 0 aromatic heterocycles. The third kappa shape index (κ3) is 8.87. The lowest BCUT2D eigenvalue weighted by atomic mass is 10.0. The van der Waals surface area contributed by atoms with Crippen molar-refractivity contribution < 1.29 is 29.7 Å². The number of ketones is 2. The summed E-state index contributed by atoms with van der Waals surface area (Å²) in [5, 5.41) is 30.6. The van der Waals surface area contributed by atoms with Gasteiger partial charge in [0.25, 0.3) is 0 Å². The maximum absolute atomic E-state index is 12.8. The SMILES string of the molecule is CC1=C\C=C\[C@H]2[C@H](O)[C@@H](C)CN2C(=O)CC(=O)/C=C/C(C)=C/C=C/C[C@H](O)[C@H](O)C(=O)/C=C\C=C\1. The van der Waals surface area contributed by atoms with Crippen molar-refractivity contribution in [3.63, 3.8) is 0 Å². The third-order valence-electron chi connectivity index (χ3n) is 5.88. The van der Waals surface area contributed by atoms with Crippen molar-refractivity contribution in [1.82, 2.24) is 4.90 Å². The molecule has 0 aliphatic carbocycles. The average molecular weight is 482 g/mol. The second kappa shape index (κ2) is 13.7. The average Bonchev–Trinajstić information content (AvgIpc) is 3.10. The molecule has 0 bridgehead atoms. The van der Waals surface area contributed by atoms with E-state index in [1.807, 2.05) is 13.8 Å². The smallest absolute Gasteiger partial charge is 0.230 e. The lowest BCUT2D eigenvalue weighted by Gasteiger charge is -2.23. The first kappa shape index (κ1) is 28.1. The summed E-state index contributed by atoms with van der Waals surface area (Å²) in [6.45, 7) is 5.86. The molecule has 2 aliphatic heterocycles. The van der Waals surface area contributed by atoms with Gasteiger partial charge in [-0.3, -0.25) is 14.4 Å². The van der Waals surface area contributed by atoms with Gasteiger partial charge in [-0.2, -0.15) is 0 Å². The fraction of sp³-hybridized carbons (Fsp3) is 0.393. The molecule has 0 unspecified atom stereocenters. The highest BCUT2D eigenvalue weighted by Crippen LogP contribution is 2.25. The molecule has 1 fully saturated rings. The summed E-state index contributed by atoms with van der Waals surface area (Å²) in [5.74, 6) is -1.39. The minimum atomic E-state index is -1.53. The summed E-state index contributed by atoms with van der Waals surface area (Å²) >= 11 is 0. The molecular weight excluding hydrogens is 446 g/mol. The lowest BCUT2D eigenvalue weighted by Crippen LogP contribution is -2.39. The third-order valence-corrected chi connectivity index (χ3v) is 5.88. The molecule has 35 heavy (non-hydrogen) atoms. The quantitative estimate of drug-likeness (QED) is 0.458. The zero-order valence-electron chi connectivity index (χ0n) is 20.4. The number of fused-ring (bicyclic) bond motifs is 1. The molecule has 0 aromatic rings. The molecule has 2 heterocycles. The zero-order valence-corrected chi connectivity index (χ0v) is 20.4. The number of carbonyl (C=O) groups excluding carboxylic acids is 3. The van der Waals surface area contributed by atoms with Crippen molar-refractivity contribution in [2.24, 2.45) is 5.92 Å². The largest absolute Gasteiger partial charge is 0.390 e. The number of carbonyl (C=O) groups is 3. The maximum atomic E-state index is 12.8. The molecule has 0 radical (unpaired) electrons. The summed E-state index contributed by atoms with van der Waals surface area (Å²) in [4.78, 5) is 38.8. The monoisotopic (exact) mass is 481 g/mol. The molecule has 0 spiro atoms.